The fourth-order valence-corrected chi connectivity index (χ4v) is 3.33. The second-order valence-corrected chi connectivity index (χ2v) is 7.41. The topological polar surface area (TPSA) is 87.5 Å². The number of aromatic nitrogens is 2. The Morgan fingerprint density at radius 3 is 2.45 bits per heavy atom. The number of anilines is 2. The normalized spacial score (nSPS) is 11.1. The zero-order chi connectivity index (χ0) is 22.7. The maximum Gasteiger partial charge on any atom is 0.315 e. The highest BCUT2D eigenvalue weighted by Crippen LogP contribution is 2.26. The van der Waals surface area contributed by atoms with Crippen molar-refractivity contribution in [2.24, 2.45) is 0 Å². The number of pyridine rings is 1. The van der Waals surface area contributed by atoms with E-state index in [1.807, 2.05) is 55.6 Å². The number of halogens is 2. The Hall–Kier alpha value is -3.49. The average Bonchev–Trinajstić information content (AvgIpc) is 3.00. The molecular formula is C22H25F2N5O2. The van der Waals surface area contributed by atoms with Gasteiger partial charge in [-0.15, -0.1) is 0 Å². The van der Waals surface area contributed by atoms with Crippen LogP contribution in [-0.4, -0.2) is 34.2 Å². The first-order chi connectivity index (χ1) is 14.7. The van der Waals surface area contributed by atoms with Crippen molar-refractivity contribution in [3.63, 3.8) is 0 Å². The fourth-order valence-electron chi connectivity index (χ4n) is 3.33. The third-order valence-corrected chi connectivity index (χ3v) is 5.20. The van der Waals surface area contributed by atoms with Gasteiger partial charge in [-0.05, 0) is 50.5 Å². The monoisotopic (exact) mass is 429 g/mol. The minimum atomic E-state index is -3.17. The van der Waals surface area contributed by atoms with Crippen LogP contribution >= 0.6 is 0 Å². The number of aryl methyl sites for hydroxylation is 4. The van der Waals surface area contributed by atoms with E-state index in [4.69, 9.17) is 0 Å². The molecule has 0 bridgehead atoms. The quantitative estimate of drug-likeness (QED) is 0.537. The maximum absolute atomic E-state index is 12.3. The van der Waals surface area contributed by atoms with Crippen molar-refractivity contribution in [2.45, 2.75) is 40.7 Å². The molecule has 7 nitrogen and oxygen atoms in total. The number of fused-ring (bicyclic) bond motifs is 1. The van der Waals surface area contributed by atoms with Crippen LogP contribution < -0.4 is 16.0 Å². The minimum absolute atomic E-state index is 0.452. The Kier molecular flexibility index (Phi) is 6.53. The number of hydrogen-bond acceptors (Lipinski definition) is 4. The van der Waals surface area contributed by atoms with E-state index in [0.29, 0.717) is 23.6 Å². The zero-order valence-corrected chi connectivity index (χ0v) is 17.8. The number of benzene rings is 1. The largest absolute Gasteiger partial charge is 0.378 e. The number of alkyl halides is 2. The van der Waals surface area contributed by atoms with Gasteiger partial charge in [0, 0.05) is 18.4 Å². The van der Waals surface area contributed by atoms with Crippen LogP contribution in [0, 0.1) is 27.7 Å². The van der Waals surface area contributed by atoms with Crippen LogP contribution in [0.1, 0.15) is 28.1 Å². The molecule has 0 fully saturated rings. The molecule has 0 saturated heterocycles. The predicted molar refractivity (Wildman–Crippen MR) is 116 cm³/mol. The number of rotatable bonds is 7. The van der Waals surface area contributed by atoms with E-state index in [0.717, 1.165) is 11.4 Å². The molecule has 2 aromatic heterocycles. The van der Waals surface area contributed by atoms with E-state index < -0.39 is 24.8 Å². The molecule has 0 unspecified atom stereocenters. The molecule has 0 atom stereocenters. The van der Waals surface area contributed by atoms with Gasteiger partial charge in [-0.2, -0.15) is 8.78 Å². The highest BCUT2D eigenvalue weighted by Gasteiger charge is 2.17. The Bertz CT molecular complexity index is 1120. The molecule has 3 aromatic rings. The molecule has 0 aliphatic rings. The lowest BCUT2D eigenvalue weighted by Gasteiger charge is -2.15. The molecule has 2 heterocycles. The summed E-state index contributed by atoms with van der Waals surface area (Å²) in [6, 6.07) is 7.85. The molecule has 3 rings (SSSR count). The lowest BCUT2D eigenvalue weighted by atomic mass is 10.0. The minimum Gasteiger partial charge on any atom is -0.378 e. The SMILES string of the molecule is Cc1cccc(C)c1CNc1cc(NC(=O)CNC(=O)C(F)F)cn2c(C)c(C)nc12. The number of carbonyl (C=O) groups excluding carboxylic acids is 2. The summed E-state index contributed by atoms with van der Waals surface area (Å²) in [6.07, 6.45) is -1.46. The molecule has 3 N–H and O–H groups in total. The standard InChI is InChI=1S/C22H25F2N5O2/c1-12-6-5-7-13(2)17(12)9-25-18-8-16(11-29-15(4)14(3)27-21(18)29)28-19(30)10-26-22(31)20(23)24/h5-8,11,20,25H,9-10H2,1-4H3,(H,26,31)(H,28,30). The molecule has 1 aromatic carbocycles. The number of amides is 2. The van der Waals surface area contributed by atoms with Gasteiger partial charge in [0.25, 0.3) is 5.91 Å². The van der Waals surface area contributed by atoms with Crippen LogP contribution in [-0.2, 0) is 16.1 Å². The third kappa shape index (κ3) is 4.99. The molecular weight excluding hydrogens is 404 g/mol. The lowest BCUT2D eigenvalue weighted by molar-refractivity contribution is -0.133. The second kappa shape index (κ2) is 9.11. The Morgan fingerprint density at radius 1 is 1.13 bits per heavy atom. The first-order valence-corrected chi connectivity index (χ1v) is 9.81. The number of nitrogens with one attached hydrogen (secondary N) is 3. The van der Waals surface area contributed by atoms with Gasteiger partial charge in [0.1, 0.15) is 0 Å². The third-order valence-electron chi connectivity index (χ3n) is 5.20. The van der Waals surface area contributed by atoms with Crippen LogP contribution in [0.3, 0.4) is 0 Å². The highest BCUT2D eigenvalue weighted by atomic mass is 19.3. The van der Waals surface area contributed by atoms with Crippen LogP contribution in [0.4, 0.5) is 20.2 Å². The van der Waals surface area contributed by atoms with Gasteiger partial charge in [0.05, 0.1) is 23.6 Å². The van der Waals surface area contributed by atoms with Crippen molar-refractivity contribution in [3.8, 4) is 0 Å². The summed E-state index contributed by atoms with van der Waals surface area (Å²) in [5.41, 5.74) is 7.14. The van der Waals surface area contributed by atoms with Crippen molar-refractivity contribution in [2.75, 3.05) is 17.2 Å². The summed E-state index contributed by atoms with van der Waals surface area (Å²) < 4.78 is 26.5. The van der Waals surface area contributed by atoms with Crippen LogP contribution in [0.15, 0.2) is 30.5 Å². The van der Waals surface area contributed by atoms with Gasteiger partial charge in [-0.3, -0.25) is 9.59 Å². The average molecular weight is 429 g/mol. The maximum atomic E-state index is 12.3. The van der Waals surface area contributed by atoms with Gasteiger partial charge in [0.2, 0.25) is 5.91 Å². The number of hydrogen-bond donors (Lipinski definition) is 3. The fraction of sp³-hybridized carbons (Fsp3) is 0.318. The molecule has 0 spiro atoms. The number of carbonyl (C=O) groups is 2. The van der Waals surface area contributed by atoms with Crippen LogP contribution in [0.5, 0.6) is 0 Å². The number of nitrogens with zero attached hydrogens (tertiary/aromatic N) is 2. The van der Waals surface area contributed by atoms with Gasteiger partial charge in [-0.1, -0.05) is 18.2 Å². The molecule has 164 valence electrons. The van der Waals surface area contributed by atoms with Crippen molar-refractivity contribution in [1.82, 2.24) is 14.7 Å². The first kappa shape index (κ1) is 22.2. The van der Waals surface area contributed by atoms with E-state index in [1.54, 1.807) is 12.3 Å². The van der Waals surface area contributed by atoms with E-state index in [2.05, 4.69) is 15.6 Å². The summed E-state index contributed by atoms with van der Waals surface area (Å²) in [4.78, 5) is 27.7. The summed E-state index contributed by atoms with van der Waals surface area (Å²) in [5.74, 6) is -2.09. The van der Waals surface area contributed by atoms with Gasteiger partial charge < -0.3 is 20.4 Å². The molecule has 0 radical (unpaired) electrons. The summed E-state index contributed by atoms with van der Waals surface area (Å²) in [6.45, 7) is 7.94. The van der Waals surface area contributed by atoms with Crippen molar-refractivity contribution in [1.29, 1.82) is 0 Å². The van der Waals surface area contributed by atoms with E-state index >= 15 is 0 Å². The Labute approximate surface area is 178 Å². The molecule has 9 heteroatoms. The second-order valence-electron chi connectivity index (χ2n) is 7.41. The molecule has 2 amide bonds. The van der Waals surface area contributed by atoms with Crippen molar-refractivity contribution < 1.29 is 18.4 Å². The van der Waals surface area contributed by atoms with Crippen LogP contribution in [0.2, 0.25) is 0 Å². The number of imidazole rings is 1. The molecule has 0 saturated carbocycles. The van der Waals surface area contributed by atoms with E-state index in [9.17, 15) is 18.4 Å². The molecule has 31 heavy (non-hydrogen) atoms. The van der Waals surface area contributed by atoms with Crippen molar-refractivity contribution in [3.05, 3.63) is 58.5 Å². The zero-order valence-electron chi connectivity index (χ0n) is 17.8. The van der Waals surface area contributed by atoms with Crippen LogP contribution in [0.25, 0.3) is 5.65 Å². The lowest BCUT2D eigenvalue weighted by Crippen LogP contribution is -2.36. The smallest absolute Gasteiger partial charge is 0.315 e. The van der Waals surface area contributed by atoms with Gasteiger partial charge >= 0.3 is 6.43 Å². The van der Waals surface area contributed by atoms with Gasteiger partial charge in [0.15, 0.2) is 5.65 Å². The van der Waals surface area contributed by atoms with E-state index in [1.165, 1.54) is 16.7 Å². The summed E-state index contributed by atoms with van der Waals surface area (Å²) in [5, 5.41) is 7.93. The van der Waals surface area contributed by atoms with Crippen molar-refractivity contribution >= 4 is 28.8 Å². The first-order valence-electron chi connectivity index (χ1n) is 9.81. The summed E-state index contributed by atoms with van der Waals surface area (Å²) >= 11 is 0. The molecule has 0 aliphatic heterocycles. The van der Waals surface area contributed by atoms with E-state index in [-0.39, 0.29) is 0 Å². The summed E-state index contributed by atoms with van der Waals surface area (Å²) in [7, 11) is 0. The predicted octanol–water partition coefficient (Wildman–Crippen LogP) is 3.50. The highest BCUT2D eigenvalue weighted by molar-refractivity contribution is 5.95. The Balaban J connectivity index is 1.86. The molecule has 0 aliphatic carbocycles. The Morgan fingerprint density at radius 2 is 1.81 bits per heavy atom. The van der Waals surface area contributed by atoms with Gasteiger partial charge in [-0.25, -0.2) is 4.98 Å².